The molecule has 1 unspecified atom stereocenters. The van der Waals surface area contributed by atoms with Gasteiger partial charge < -0.3 is 5.32 Å². The normalized spacial score (nSPS) is 17.9. The lowest BCUT2D eigenvalue weighted by molar-refractivity contribution is 0.607. The molecule has 1 fully saturated rings. The average molecular weight is 294 g/mol. The maximum atomic E-state index is 4.60. The fourth-order valence-corrected chi connectivity index (χ4v) is 2.82. The van der Waals surface area contributed by atoms with Gasteiger partial charge in [0.2, 0.25) is 0 Å². The number of rotatable bonds is 4. The predicted octanol–water partition coefficient (Wildman–Crippen LogP) is 2.01. The maximum absolute atomic E-state index is 4.60. The molecule has 112 valence electrons. The number of hydrogen-bond donors (Lipinski definition) is 2. The van der Waals surface area contributed by atoms with Crippen molar-refractivity contribution >= 4 is 0 Å². The van der Waals surface area contributed by atoms with Crippen LogP contribution < -0.4 is 5.32 Å². The van der Waals surface area contributed by atoms with Crippen molar-refractivity contribution in [2.45, 2.75) is 25.3 Å². The molecule has 4 rings (SSSR count). The molecular weight excluding hydrogens is 276 g/mol. The first-order valence-electron chi connectivity index (χ1n) is 7.62. The summed E-state index contributed by atoms with van der Waals surface area (Å²) in [4.78, 5) is 4.60. The molecule has 6 heteroatoms. The van der Waals surface area contributed by atoms with Gasteiger partial charge in [-0.25, -0.2) is 9.67 Å². The van der Waals surface area contributed by atoms with E-state index in [1.165, 1.54) is 6.42 Å². The SMILES string of the molecule is c1ccc(-n2cc(Cc3nc(C4CCCN4)n[nH]3)cn2)cc1. The van der Waals surface area contributed by atoms with Crippen molar-refractivity contribution < 1.29 is 0 Å². The monoisotopic (exact) mass is 294 g/mol. The number of aromatic amines is 1. The molecule has 1 saturated heterocycles. The summed E-state index contributed by atoms with van der Waals surface area (Å²) in [5.74, 6) is 1.76. The van der Waals surface area contributed by atoms with Crippen LogP contribution in [0.25, 0.3) is 5.69 Å². The van der Waals surface area contributed by atoms with E-state index in [0.717, 1.165) is 35.9 Å². The Morgan fingerprint density at radius 3 is 2.95 bits per heavy atom. The highest BCUT2D eigenvalue weighted by molar-refractivity contribution is 5.31. The molecule has 2 aromatic heterocycles. The van der Waals surface area contributed by atoms with Gasteiger partial charge in [0.05, 0.1) is 17.9 Å². The Labute approximate surface area is 128 Å². The third-order valence-corrected chi connectivity index (χ3v) is 3.95. The van der Waals surface area contributed by atoms with Gasteiger partial charge in [-0.3, -0.25) is 5.10 Å². The van der Waals surface area contributed by atoms with Gasteiger partial charge in [0, 0.05) is 12.6 Å². The molecule has 1 atom stereocenters. The number of aromatic nitrogens is 5. The summed E-state index contributed by atoms with van der Waals surface area (Å²) in [5, 5.41) is 15.2. The maximum Gasteiger partial charge on any atom is 0.167 e. The van der Waals surface area contributed by atoms with Crippen LogP contribution in [-0.4, -0.2) is 31.5 Å². The Morgan fingerprint density at radius 1 is 1.23 bits per heavy atom. The largest absolute Gasteiger partial charge is 0.307 e. The molecule has 1 aliphatic heterocycles. The van der Waals surface area contributed by atoms with Crippen LogP contribution in [0.5, 0.6) is 0 Å². The zero-order chi connectivity index (χ0) is 14.8. The van der Waals surface area contributed by atoms with E-state index in [-0.39, 0.29) is 0 Å². The van der Waals surface area contributed by atoms with Crippen LogP contribution in [0.4, 0.5) is 0 Å². The molecule has 0 spiro atoms. The standard InChI is InChI=1S/C16H18N6/c1-2-5-13(6-3-1)22-11-12(10-18-22)9-15-19-16(21-20-15)14-7-4-8-17-14/h1-3,5-6,10-11,14,17H,4,7-9H2,(H,19,20,21). The van der Waals surface area contributed by atoms with Crippen molar-refractivity contribution in [2.24, 2.45) is 0 Å². The summed E-state index contributed by atoms with van der Waals surface area (Å²) in [6.45, 7) is 1.05. The number of benzene rings is 1. The summed E-state index contributed by atoms with van der Waals surface area (Å²) in [6, 6.07) is 10.4. The molecule has 1 aliphatic rings. The highest BCUT2D eigenvalue weighted by Gasteiger charge is 2.20. The fraction of sp³-hybridized carbons (Fsp3) is 0.312. The second-order valence-corrected chi connectivity index (χ2v) is 5.59. The molecule has 6 nitrogen and oxygen atoms in total. The van der Waals surface area contributed by atoms with Crippen molar-refractivity contribution in [1.29, 1.82) is 0 Å². The van der Waals surface area contributed by atoms with E-state index in [4.69, 9.17) is 0 Å². The van der Waals surface area contributed by atoms with E-state index in [2.05, 4.69) is 25.6 Å². The lowest BCUT2D eigenvalue weighted by Crippen LogP contribution is -2.14. The van der Waals surface area contributed by atoms with Crippen LogP contribution in [-0.2, 0) is 6.42 Å². The minimum atomic E-state index is 0.303. The summed E-state index contributed by atoms with van der Waals surface area (Å²) in [7, 11) is 0. The Morgan fingerprint density at radius 2 is 2.14 bits per heavy atom. The van der Waals surface area contributed by atoms with E-state index in [1.54, 1.807) is 0 Å². The van der Waals surface area contributed by atoms with Gasteiger partial charge in [-0.15, -0.1) is 0 Å². The summed E-state index contributed by atoms with van der Waals surface area (Å²) < 4.78 is 1.88. The molecule has 0 aliphatic carbocycles. The molecule has 0 saturated carbocycles. The summed E-state index contributed by atoms with van der Waals surface area (Å²) in [6.07, 6.45) is 6.93. The number of para-hydroxylation sites is 1. The van der Waals surface area contributed by atoms with Gasteiger partial charge in [0.15, 0.2) is 5.82 Å². The average Bonchev–Trinajstić information content (AvgIpc) is 3.30. The Bertz CT molecular complexity index is 739. The molecule has 3 aromatic rings. The molecule has 22 heavy (non-hydrogen) atoms. The third kappa shape index (κ3) is 2.65. The molecular formula is C16H18N6. The van der Waals surface area contributed by atoms with Crippen molar-refractivity contribution in [2.75, 3.05) is 6.54 Å². The molecule has 0 amide bonds. The molecule has 2 N–H and O–H groups in total. The zero-order valence-electron chi connectivity index (χ0n) is 12.2. The van der Waals surface area contributed by atoms with Crippen LogP contribution >= 0.6 is 0 Å². The number of nitrogens with zero attached hydrogens (tertiary/aromatic N) is 4. The zero-order valence-corrected chi connectivity index (χ0v) is 12.2. The van der Waals surface area contributed by atoms with Gasteiger partial charge in [0.1, 0.15) is 5.82 Å². The second kappa shape index (κ2) is 5.73. The predicted molar refractivity (Wildman–Crippen MR) is 82.7 cm³/mol. The minimum absolute atomic E-state index is 0.303. The van der Waals surface area contributed by atoms with Crippen LogP contribution in [0.2, 0.25) is 0 Å². The van der Waals surface area contributed by atoms with Gasteiger partial charge >= 0.3 is 0 Å². The van der Waals surface area contributed by atoms with Gasteiger partial charge in [-0.05, 0) is 37.1 Å². The lowest BCUT2D eigenvalue weighted by atomic mass is 10.2. The van der Waals surface area contributed by atoms with Crippen LogP contribution in [0.1, 0.15) is 36.1 Å². The topological polar surface area (TPSA) is 71.4 Å². The van der Waals surface area contributed by atoms with E-state index in [0.29, 0.717) is 12.5 Å². The first-order valence-corrected chi connectivity index (χ1v) is 7.62. The van der Waals surface area contributed by atoms with Gasteiger partial charge in [0.25, 0.3) is 0 Å². The van der Waals surface area contributed by atoms with E-state index in [1.807, 2.05) is 47.4 Å². The van der Waals surface area contributed by atoms with Crippen molar-refractivity contribution in [3.05, 3.63) is 59.9 Å². The van der Waals surface area contributed by atoms with Crippen molar-refractivity contribution in [1.82, 2.24) is 30.3 Å². The van der Waals surface area contributed by atoms with E-state index >= 15 is 0 Å². The number of H-pyrrole nitrogens is 1. The minimum Gasteiger partial charge on any atom is -0.307 e. The molecule has 0 bridgehead atoms. The van der Waals surface area contributed by atoms with Crippen molar-refractivity contribution in [3.8, 4) is 5.69 Å². The molecule has 3 heterocycles. The highest BCUT2D eigenvalue weighted by atomic mass is 15.3. The van der Waals surface area contributed by atoms with E-state index in [9.17, 15) is 0 Å². The first-order chi connectivity index (χ1) is 10.9. The Balaban J connectivity index is 1.48. The highest BCUT2D eigenvalue weighted by Crippen LogP contribution is 2.20. The summed E-state index contributed by atoms with van der Waals surface area (Å²) in [5.41, 5.74) is 2.17. The Hall–Kier alpha value is -2.47. The lowest BCUT2D eigenvalue weighted by Gasteiger charge is -2.02. The van der Waals surface area contributed by atoms with Crippen LogP contribution in [0.3, 0.4) is 0 Å². The van der Waals surface area contributed by atoms with Crippen LogP contribution in [0, 0.1) is 0 Å². The summed E-state index contributed by atoms with van der Waals surface area (Å²) >= 11 is 0. The first kappa shape index (κ1) is 13.2. The van der Waals surface area contributed by atoms with E-state index < -0.39 is 0 Å². The Kier molecular flexibility index (Phi) is 3.44. The fourth-order valence-electron chi connectivity index (χ4n) is 2.82. The van der Waals surface area contributed by atoms with Crippen LogP contribution in [0.15, 0.2) is 42.7 Å². The van der Waals surface area contributed by atoms with Gasteiger partial charge in [-0.2, -0.15) is 10.2 Å². The number of nitrogens with one attached hydrogen (secondary N) is 2. The number of hydrogen-bond acceptors (Lipinski definition) is 4. The van der Waals surface area contributed by atoms with Crippen molar-refractivity contribution in [3.63, 3.8) is 0 Å². The quantitative estimate of drug-likeness (QED) is 0.772. The third-order valence-electron chi connectivity index (χ3n) is 3.95. The molecule has 1 aromatic carbocycles. The smallest absolute Gasteiger partial charge is 0.167 e. The van der Waals surface area contributed by atoms with Gasteiger partial charge in [-0.1, -0.05) is 18.2 Å². The second-order valence-electron chi connectivity index (χ2n) is 5.59. The molecule has 0 radical (unpaired) electrons.